The van der Waals surface area contributed by atoms with Crippen LogP contribution in [0.5, 0.6) is 0 Å². The van der Waals surface area contributed by atoms with Crippen molar-refractivity contribution in [3.63, 3.8) is 0 Å². The van der Waals surface area contributed by atoms with Crippen molar-refractivity contribution in [3.05, 3.63) is 28.8 Å². The molecule has 1 heterocycles. The van der Waals surface area contributed by atoms with Crippen LogP contribution in [0.15, 0.2) is 12.1 Å². The molecule has 0 saturated carbocycles. The third-order valence-electron chi connectivity index (χ3n) is 3.76. The normalized spacial score (nSPS) is 19.7. The highest BCUT2D eigenvalue weighted by molar-refractivity contribution is 5.57. The summed E-state index contributed by atoms with van der Waals surface area (Å²) in [5, 5.41) is 3.53. The fourth-order valence-electron chi connectivity index (χ4n) is 2.89. The first-order valence-corrected chi connectivity index (χ1v) is 6.32. The largest absolute Gasteiger partial charge is 0.385 e. The van der Waals surface area contributed by atoms with Gasteiger partial charge < -0.3 is 5.32 Å². The summed E-state index contributed by atoms with van der Waals surface area (Å²) in [5.74, 6) is 0. The Balaban J connectivity index is 2.02. The molecule has 0 unspecified atom stereocenters. The molecule has 3 rings (SSSR count). The minimum absolute atomic E-state index is 1.16. The van der Waals surface area contributed by atoms with E-state index in [0.29, 0.717) is 0 Å². The van der Waals surface area contributed by atoms with Crippen molar-refractivity contribution in [2.75, 3.05) is 11.9 Å². The molecule has 1 nitrogen and oxygen atoms in total. The Kier molecular flexibility index (Phi) is 2.40. The molecule has 2 aliphatic rings. The average Bonchev–Trinajstić information content (AvgIpc) is 2.50. The van der Waals surface area contributed by atoms with Gasteiger partial charge in [-0.3, -0.25) is 0 Å². The molecule has 0 saturated heterocycles. The predicted octanol–water partition coefficient (Wildman–Crippen LogP) is 3.31. The Hall–Kier alpha value is -0.980. The summed E-state index contributed by atoms with van der Waals surface area (Å²) < 4.78 is 0. The topological polar surface area (TPSA) is 12.0 Å². The fourth-order valence-corrected chi connectivity index (χ4v) is 2.89. The van der Waals surface area contributed by atoms with E-state index in [1.165, 1.54) is 50.6 Å². The quantitative estimate of drug-likeness (QED) is 0.635. The van der Waals surface area contributed by atoms with E-state index in [4.69, 9.17) is 0 Å². The van der Waals surface area contributed by atoms with E-state index in [2.05, 4.69) is 17.4 Å². The van der Waals surface area contributed by atoms with Gasteiger partial charge in [-0.1, -0.05) is 12.5 Å². The predicted molar refractivity (Wildman–Crippen MR) is 64.5 cm³/mol. The van der Waals surface area contributed by atoms with Crippen LogP contribution in [0.2, 0.25) is 0 Å². The number of fused-ring (bicyclic) bond motifs is 2. The Bertz CT molecular complexity index is 333. The van der Waals surface area contributed by atoms with Gasteiger partial charge in [0.15, 0.2) is 0 Å². The molecule has 1 aliphatic carbocycles. The van der Waals surface area contributed by atoms with Crippen molar-refractivity contribution in [3.8, 4) is 0 Å². The van der Waals surface area contributed by atoms with Crippen LogP contribution in [0.25, 0.3) is 0 Å². The third-order valence-corrected chi connectivity index (χ3v) is 3.76. The SMILES string of the molecule is c1c2c(cc3c1CCCN3)CCCCC2. The zero-order valence-corrected chi connectivity index (χ0v) is 9.31. The van der Waals surface area contributed by atoms with Crippen molar-refractivity contribution in [2.45, 2.75) is 44.9 Å². The summed E-state index contributed by atoms with van der Waals surface area (Å²) in [4.78, 5) is 0. The van der Waals surface area contributed by atoms with Gasteiger partial charge in [-0.25, -0.2) is 0 Å². The van der Waals surface area contributed by atoms with Crippen LogP contribution in [0.1, 0.15) is 42.4 Å². The van der Waals surface area contributed by atoms with Crippen molar-refractivity contribution in [1.29, 1.82) is 0 Å². The number of nitrogens with one attached hydrogen (secondary N) is 1. The summed E-state index contributed by atoms with van der Waals surface area (Å²) in [7, 11) is 0. The lowest BCUT2D eigenvalue weighted by Gasteiger charge is -2.20. The zero-order valence-electron chi connectivity index (χ0n) is 9.31. The van der Waals surface area contributed by atoms with Crippen LogP contribution in [-0.2, 0) is 19.3 Å². The van der Waals surface area contributed by atoms with Crippen LogP contribution >= 0.6 is 0 Å². The molecule has 0 atom stereocenters. The van der Waals surface area contributed by atoms with E-state index in [1.54, 1.807) is 16.7 Å². The van der Waals surface area contributed by atoms with Crippen molar-refractivity contribution in [2.24, 2.45) is 0 Å². The van der Waals surface area contributed by atoms with Crippen molar-refractivity contribution < 1.29 is 0 Å². The number of anilines is 1. The molecule has 0 spiro atoms. The van der Waals surface area contributed by atoms with Crippen molar-refractivity contribution >= 4 is 5.69 Å². The van der Waals surface area contributed by atoms with E-state index in [9.17, 15) is 0 Å². The lowest BCUT2D eigenvalue weighted by molar-refractivity contribution is 0.711. The minimum Gasteiger partial charge on any atom is -0.385 e. The third kappa shape index (κ3) is 1.75. The molecule has 1 aromatic carbocycles. The van der Waals surface area contributed by atoms with E-state index in [-0.39, 0.29) is 0 Å². The molecule has 0 bridgehead atoms. The van der Waals surface area contributed by atoms with Crippen LogP contribution < -0.4 is 5.32 Å². The first kappa shape index (κ1) is 9.26. The molecule has 1 aromatic rings. The van der Waals surface area contributed by atoms with Gasteiger partial charge in [0.25, 0.3) is 0 Å². The summed E-state index contributed by atoms with van der Waals surface area (Å²) >= 11 is 0. The highest BCUT2D eigenvalue weighted by atomic mass is 14.9. The van der Waals surface area contributed by atoms with E-state index in [1.807, 2.05) is 0 Å². The second-order valence-electron chi connectivity index (χ2n) is 4.87. The Morgan fingerprint density at radius 1 is 0.733 bits per heavy atom. The standard InChI is InChI=1S/C14H19N/c1-2-5-11-9-13-7-4-8-15-14(13)10-12(11)6-3-1/h9-10,15H,1-8H2. The first-order chi connectivity index (χ1) is 7.43. The van der Waals surface area contributed by atoms with Crippen LogP contribution in [0.4, 0.5) is 5.69 Å². The second-order valence-corrected chi connectivity index (χ2v) is 4.87. The molecule has 0 fully saturated rings. The van der Waals surface area contributed by atoms with Gasteiger partial charge in [0.1, 0.15) is 0 Å². The minimum atomic E-state index is 1.16. The fraction of sp³-hybridized carbons (Fsp3) is 0.571. The molecule has 0 radical (unpaired) electrons. The summed E-state index contributed by atoms with van der Waals surface area (Å²) in [6, 6.07) is 4.90. The number of hydrogen-bond donors (Lipinski definition) is 1. The highest BCUT2D eigenvalue weighted by Crippen LogP contribution is 2.29. The maximum atomic E-state index is 3.53. The second kappa shape index (κ2) is 3.88. The van der Waals surface area contributed by atoms with Gasteiger partial charge in [-0.15, -0.1) is 0 Å². The van der Waals surface area contributed by atoms with Gasteiger partial charge in [-0.05, 0) is 61.3 Å². The zero-order chi connectivity index (χ0) is 10.1. The van der Waals surface area contributed by atoms with Gasteiger partial charge >= 0.3 is 0 Å². The number of hydrogen-bond acceptors (Lipinski definition) is 1. The molecule has 15 heavy (non-hydrogen) atoms. The molecule has 1 aliphatic heterocycles. The van der Waals surface area contributed by atoms with Gasteiger partial charge in [0, 0.05) is 12.2 Å². The number of benzene rings is 1. The van der Waals surface area contributed by atoms with E-state index >= 15 is 0 Å². The Morgan fingerprint density at radius 3 is 2.33 bits per heavy atom. The maximum Gasteiger partial charge on any atom is 0.0375 e. The molecule has 1 heteroatoms. The maximum absolute atomic E-state index is 3.53. The molecule has 80 valence electrons. The number of aryl methyl sites for hydroxylation is 3. The van der Waals surface area contributed by atoms with Crippen LogP contribution in [0, 0.1) is 0 Å². The molecule has 0 amide bonds. The molecule has 1 N–H and O–H groups in total. The lowest BCUT2D eigenvalue weighted by atomic mass is 9.94. The van der Waals surface area contributed by atoms with E-state index < -0.39 is 0 Å². The summed E-state index contributed by atoms with van der Waals surface area (Å²) in [5.41, 5.74) is 6.22. The highest BCUT2D eigenvalue weighted by Gasteiger charge is 2.14. The average molecular weight is 201 g/mol. The lowest BCUT2D eigenvalue weighted by Crippen LogP contribution is -2.12. The summed E-state index contributed by atoms with van der Waals surface area (Å²) in [6.07, 6.45) is 9.35. The van der Waals surface area contributed by atoms with Crippen molar-refractivity contribution in [1.82, 2.24) is 0 Å². The Morgan fingerprint density at radius 2 is 1.47 bits per heavy atom. The van der Waals surface area contributed by atoms with Crippen LogP contribution in [0.3, 0.4) is 0 Å². The molecular weight excluding hydrogens is 182 g/mol. The number of rotatable bonds is 0. The van der Waals surface area contributed by atoms with E-state index in [0.717, 1.165) is 6.54 Å². The summed E-state index contributed by atoms with van der Waals surface area (Å²) in [6.45, 7) is 1.16. The Labute approximate surface area is 91.9 Å². The smallest absolute Gasteiger partial charge is 0.0375 e. The van der Waals surface area contributed by atoms with Gasteiger partial charge in [0.2, 0.25) is 0 Å². The first-order valence-electron chi connectivity index (χ1n) is 6.32. The van der Waals surface area contributed by atoms with Crippen LogP contribution in [-0.4, -0.2) is 6.54 Å². The monoisotopic (exact) mass is 201 g/mol. The molecule has 0 aromatic heterocycles. The molecular formula is C14H19N. The van der Waals surface area contributed by atoms with Gasteiger partial charge in [0.05, 0.1) is 0 Å². The van der Waals surface area contributed by atoms with Gasteiger partial charge in [-0.2, -0.15) is 0 Å².